The highest BCUT2D eigenvalue weighted by Crippen LogP contribution is 2.15. The number of hydrogen-bond donors (Lipinski definition) is 2. The second kappa shape index (κ2) is 7.90. The lowest BCUT2D eigenvalue weighted by atomic mass is 10.1. The minimum Gasteiger partial charge on any atom is -0.350 e. The number of amides is 1. The van der Waals surface area contributed by atoms with Gasteiger partial charge >= 0.3 is 0 Å². The first-order chi connectivity index (χ1) is 12.1. The number of aromatic nitrogens is 2. The van der Waals surface area contributed by atoms with Crippen molar-refractivity contribution < 1.29 is 4.79 Å². The number of halogens is 1. The van der Waals surface area contributed by atoms with Gasteiger partial charge in [-0.3, -0.25) is 4.79 Å². The predicted molar refractivity (Wildman–Crippen MR) is 103 cm³/mol. The van der Waals surface area contributed by atoms with Crippen molar-refractivity contribution in [2.75, 3.05) is 10.6 Å². The van der Waals surface area contributed by atoms with Gasteiger partial charge in [0.25, 0.3) is 5.91 Å². The van der Waals surface area contributed by atoms with Gasteiger partial charge in [-0.2, -0.15) is 0 Å². The molecule has 0 unspecified atom stereocenters. The van der Waals surface area contributed by atoms with E-state index in [-0.39, 0.29) is 5.91 Å². The number of anilines is 2. The third kappa shape index (κ3) is 4.64. The van der Waals surface area contributed by atoms with E-state index in [0.29, 0.717) is 23.9 Å². The molecule has 2 aromatic carbocycles. The number of aryl methyl sites for hydroxylation is 1. The summed E-state index contributed by atoms with van der Waals surface area (Å²) in [6.45, 7) is 2.66. The number of hydrogen-bond acceptors (Lipinski definition) is 4. The Bertz CT molecular complexity index is 881. The number of carbonyl (C=O) groups excluding carboxylic acids is 1. The third-order valence-corrected chi connectivity index (χ3v) is 4.22. The molecule has 0 saturated heterocycles. The minimum atomic E-state index is -0.274. The molecule has 1 aromatic heterocycles. The average molecular weight is 397 g/mol. The van der Waals surface area contributed by atoms with Gasteiger partial charge in [-0.1, -0.05) is 40.2 Å². The van der Waals surface area contributed by atoms with Crippen LogP contribution in [0.5, 0.6) is 0 Å². The van der Waals surface area contributed by atoms with E-state index in [9.17, 15) is 4.79 Å². The fraction of sp³-hybridized carbons (Fsp3) is 0.105. The van der Waals surface area contributed by atoms with Gasteiger partial charge in [0.05, 0.1) is 0 Å². The van der Waals surface area contributed by atoms with E-state index in [4.69, 9.17) is 0 Å². The Morgan fingerprint density at radius 3 is 2.60 bits per heavy atom. The van der Waals surface area contributed by atoms with Crippen molar-refractivity contribution in [2.24, 2.45) is 0 Å². The molecule has 126 valence electrons. The normalized spacial score (nSPS) is 10.3. The monoisotopic (exact) mass is 396 g/mol. The Morgan fingerprint density at radius 2 is 1.84 bits per heavy atom. The number of nitrogens with one attached hydrogen (secondary N) is 2. The molecule has 0 saturated carbocycles. The lowest BCUT2D eigenvalue weighted by Crippen LogP contribution is -2.15. The van der Waals surface area contributed by atoms with Gasteiger partial charge in [-0.15, -0.1) is 0 Å². The lowest BCUT2D eigenvalue weighted by Gasteiger charge is -2.09. The van der Waals surface area contributed by atoms with Gasteiger partial charge in [0.1, 0.15) is 5.69 Å². The molecule has 0 radical (unpaired) electrons. The van der Waals surface area contributed by atoms with Crippen LogP contribution in [0.2, 0.25) is 0 Å². The highest BCUT2D eigenvalue weighted by Gasteiger charge is 2.09. The summed E-state index contributed by atoms with van der Waals surface area (Å²) in [5.74, 6) is 0.148. The van der Waals surface area contributed by atoms with Gasteiger partial charge in [0, 0.05) is 22.9 Å². The minimum absolute atomic E-state index is 0.274. The SMILES string of the molecule is Cc1ccccc1CNc1nccc(C(=O)Nc2ccc(Br)cc2)n1. The molecular weight excluding hydrogens is 380 g/mol. The molecule has 0 aliphatic heterocycles. The van der Waals surface area contributed by atoms with E-state index < -0.39 is 0 Å². The molecule has 0 bridgehead atoms. The Balaban J connectivity index is 1.67. The summed E-state index contributed by atoms with van der Waals surface area (Å²) in [6.07, 6.45) is 1.57. The Morgan fingerprint density at radius 1 is 1.08 bits per heavy atom. The summed E-state index contributed by atoms with van der Waals surface area (Å²) < 4.78 is 0.954. The van der Waals surface area contributed by atoms with Gasteiger partial charge in [0.2, 0.25) is 5.95 Å². The zero-order chi connectivity index (χ0) is 17.6. The maximum absolute atomic E-state index is 12.3. The van der Waals surface area contributed by atoms with Gasteiger partial charge < -0.3 is 10.6 Å². The topological polar surface area (TPSA) is 66.9 Å². The van der Waals surface area contributed by atoms with Crippen LogP contribution >= 0.6 is 15.9 Å². The van der Waals surface area contributed by atoms with Crippen LogP contribution in [0.3, 0.4) is 0 Å². The van der Waals surface area contributed by atoms with E-state index in [1.54, 1.807) is 12.3 Å². The van der Waals surface area contributed by atoms with Gasteiger partial charge in [-0.05, 0) is 48.4 Å². The summed E-state index contributed by atoms with van der Waals surface area (Å²) >= 11 is 3.37. The smallest absolute Gasteiger partial charge is 0.274 e. The maximum Gasteiger partial charge on any atom is 0.274 e. The first-order valence-corrected chi connectivity index (χ1v) is 8.59. The van der Waals surface area contributed by atoms with Crippen molar-refractivity contribution in [3.05, 3.63) is 82.1 Å². The van der Waals surface area contributed by atoms with E-state index in [2.05, 4.69) is 49.5 Å². The maximum atomic E-state index is 12.3. The summed E-state index contributed by atoms with van der Waals surface area (Å²) in [5.41, 5.74) is 3.38. The molecule has 1 amide bonds. The molecule has 3 aromatic rings. The molecule has 0 aliphatic rings. The highest BCUT2D eigenvalue weighted by molar-refractivity contribution is 9.10. The van der Waals surface area contributed by atoms with Crippen LogP contribution in [0.25, 0.3) is 0 Å². The largest absolute Gasteiger partial charge is 0.350 e. The first kappa shape index (κ1) is 17.1. The number of benzene rings is 2. The molecule has 0 atom stereocenters. The number of rotatable bonds is 5. The molecule has 6 heteroatoms. The molecule has 1 heterocycles. The molecular formula is C19H17BrN4O. The van der Waals surface area contributed by atoms with E-state index in [0.717, 1.165) is 10.0 Å². The summed E-state index contributed by atoms with van der Waals surface area (Å²) in [6, 6.07) is 17.1. The fourth-order valence-corrected chi connectivity index (χ4v) is 2.55. The van der Waals surface area contributed by atoms with E-state index in [1.165, 1.54) is 5.56 Å². The van der Waals surface area contributed by atoms with Crippen molar-refractivity contribution in [1.82, 2.24) is 9.97 Å². The number of nitrogens with zero attached hydrogens (tertiary/aromatic N) is 2. The Hall–Kier alpha value is -2.73. The average Bonchev–Trinajstić information content (AvgIpc) is 2.63. The van der Waals surface area contributed by atoms with Crippen LogP contribution in [0.4, 0.5) is 11.6 Å². The molecule has 0 aliphatic carbocycles. The van der Waals surface area contributed by atoms with Crippen LogP contribution in [0.15, 0.2) is 65.3 Å². The van der Waals surface area contributed by atoms with Crippen LogP contribution in [-0.2, 0) is 6.54 Å². The zero-order valence-electron chi connectivity index (χ0n) is 13.7. The first-order valence-electron chi connectivity index (χ1n) is 7.80. The second-order valence-electron chi connectivity index (χ2n) is 5.51. The van der Waals surface area contributed by atoms with Crippen LogP contribution < -0.4 is 10.6 Å². The fourth-order valence-electron chi connectivity index (χ4n) is 2.28. The Kier molecular flexibility index (Phi) is 5.40. The predicted octanol–water partition coefficient (Wildman–Crippen LogP) is 4.41. The van der Waals surface area contributed by atoms with Crippen molar-refractivity contribution in [2.45, 2.75) is 13.5 Å². The molecule has 25 heavy (non-hydrogen) atoms. The van der Waals surface area contributed by atoms with Crippen LogP contribution in [-0.4, -0.2) is 15.9 Å². The summed E-state index contributed by atoms with van der Waals surface area (Å²) in [4.78, 5) is 20.8. The number of carbonyl (C=O) groups is 1. The zero-order valence-corrected chi connectivity index (χ0v) is 15.2. The van der Waals surface area contributed by atoms with Crippen molar-refractivity contribution >= 4 is 33.5 Å². The molecule has 5 nitrogen and oxygen atoms in total. The van der Waals surface area contributed by atoms with Crippen LogP contribution in [0, 0.1) is 6.92 Å². The molecule has 0 fully saturated rings. The van der Waals surface area contributed by atoms with E-state index in [1.807, 2.05) is 42.5 Å². The molecule has 3 rings (SSSR count). The van der Waals surface area contributed by atoms with Gasteiger partial charge in [-0.25, -0.2) is 9.97 Å². The van der Waals surface area contributed by atoms with Crippen molar-refractivity contribution in [3.63, 3.8) is 0 Å². The molecule has 2 N–H and O–H groups in total. The van der Waals surface area contributed by atoms with Gasteiger partial charge in [0.15, 0.2) is 0 Å². The Labute approximate surface area is 154 Å². The summed E-state index contributed by atoms with van der Waals surface area (Å²) in [5, 5.41) is 5.98. The highest BCUT2D eigenvalue weighted by atomic mass is 79.9. The standard InChI is InChI=1S/C19H17BrN4O/c1-13-4-2-3-5-14(13)12-22-19-21-11-10-17(24-19)18(25)23-16-8-6-15(20)7-9-16/h2-11H,12H2,1H3,(H,23,25)(H,21,22,24). The van der Waals surface area contributed by atoms with Crippen LogP contribution in [0.1, 0.15) is 21.6 Å². The third-order valence-electron chi connectivity index (χ3n) is 3.69. The van der Waals surface area contributed by atoms with E-state index >= 15 is 0 Å². The van der Waals surface area contributed by atoms with Crippen molar-refractivity contribution in [3.8, 4) is 0 Å². The lowest BCUT2D eigenvalue weighted by molar-refractivity contribution is 0.102. The summed E-state index contributed by atoms with van der Waals surface area (Å²) in [7, 11) is 0. The second-order valence-corrected chi connectivity index (χ2v) is 6.42. The quantitative estimate of drug-likeness (QED) is 0.669. The van der Waals surface area contributed by atoms with Crippen molar-refractivity contribution in [1.29, 1.82) is 0 Å². The molecule has 0 spiro atoms.